The average molecular weight is 446 g/mol. The molecule has 8 nitrogen and oxygen atoms in total. The third-order valence-corrected chi connectivity index (χ3v) is 9.38. The SMILES string of the molecule is COC(=O)[C@H](C[Se][Se]C[C@H](NC(C)=O)C(=O)OC)NC(C)=O. The molecule has 0 saturated carbocycles. The van der Waals surface area contributed by atoms with Crippen LogP contribution in [0, 0.1) is 0 Å². The van der Waals surface area contributed by atoms with Gasteiger partial charge in [0.1, 0.15) is 0 Å². The first kappa shape index (κ1) is 20.9. The van der Waals surface area contributed by atoms with Crippen molar-refractivity contribution in [2.45, 2.75) is 36.6 Å². The molecular weight excluding hydrogens is 426 g/mol. The van der Waals surface area contributed by atoms with Crippen LogP contribution in [-0.2, 0) is 28.7 Å². The number of nitrogens with one attached hydrogen (secondary N) is 2. The van der Waals surface area contributed by atoms with Crippen LogP contribution < -0.4 is 10.6 Å². The van der Waals surface area contributed by atoms with Crippen LogP contribution in [0.25, 0.3) is 0 Å². The number of carbonyl (C=O) groups excluding carboxylic acids is 4. The van der Waals surface area contributed by atoms with Crippen molar-refractivity contribution in [3.63, 3.8) is 0 Å². The number of rotatable bonds is 9. The predicted octanol–water partition coefficient (Wildman–Crippen LogP) is -1.50. The van der Waals surface area contributed by atoms with Crippen molar-refractivity contribution in [1.29, 1.82) is 0 Å². The predicted molar refractivity (Wildman–Crippen MR) is 80.4 cm³/mol. The first-order valence-electron chi connectivity index (χ1n) is 6.26. The molecule has 0 spiro atoms. The summed E-state index contributed by atoms with van der Waals surface area (Å²) >= 11 is 0.109. The molecule has 0 aromatic heterocycles. The Balaban J connectivity index is 4.33. The molecule has 10 heteroatoms. The summed E-state index contributed by atoms with van der Waals surface area (Å²) < 4.78 is 9.26. The van der Waals surface area contributed by atoms with Gasteiger partial charge in [0.2, 0.25) is 0 Å². The fraction of sp³-hybridized carbons (Fsp3) is 0.667. The quantitative estimate of drug-likeness (QED) is 0.254. The number of hydrogen-bond donors (Lipinski definition) is 2. The van der Waals surface area contributed by atoms with Gasteiger partial charge in [-0.1, -0.05) is 0 Å². The molecule has 0 aromatic rings. The fourth-order valence-corrected chi connectivity index (χ4v) is 8.31. The third-order valence-electron chi connectivity index (χ3n) is 2.28. The van der Waals surface area contributed by atoms with E-state index in [0.717, 1.165) is 0 Å². The van der Waals surface area contributed by atoms with Gasteiger partial charge in [0.25, 0.3) is 0 Å². The van der Waals surface area contributed by atoms with E-state index in [1.807, 2.05) is 0 Å². The van der Waals surface area contributed by atoms with Crippen LogP contribution in [0.4, 0.5) is 0 Å². The normalized spacial score (nSPS) is 12.7. The molecule has 0 aliphatic carbocycles. The van der Waals surface area contributed by atoms with Crippen molar-refractivity contribution in [2.75, 3.05) is 14.2 Å². The molecule has 0 rings (SSSR count). The first-order valence-corrected chi connectivity index (χ1v) is 13.0. The maximum atomic E-state index is 11.5. The Bertz CT molecular complexity index is 380. The van der Waals surface area contributed by atoms with E-state index in [1.54, 1.807) is 0 Å². The Hall–Kier alpha value is -1.08. The van der Waals surface area contributed by atoms with Crippen molar-refractivity contribution >= 4 is 50.0 Å². The zero-order valence-electron chi connectivity index (χ0n) is 12.8. The number of ether oxygens (including phenoxy) is 2. The van der Waals surface area contributed by atoms with Gasteiger partial charge in [-0.3, -0.25) is 0 Å². The van der Waals surface area contributed by atoms with Gasteiger partial charge in [0.05, 0.1) is 0 Å². The molecule has 0 bridgehead atoms. The Labute approximate surface area is 140 Å². The Morgan fingerprint density at radius 2 is 1.14 bits per heavy atom. The van der Waals surface area contributed by atoms with Gasteiger partial charge >= 0.3 is 140 Å². The molecule has 2 N–H and O–H groups in total. The number of carbonyl (C=O) groups is 4. The second-order valence-corrected chi connectivity index (χ2v) is 11.6. The van der Waals surface area contributed by atoms with Gasteiger partial charge < -0.3 is 0 Å². The van der Waals surface area contributed by atoms with Crippen LogP contribution >= 0.6 is 0 Å². The van der Waals surface area contributed by atoms with E-state index < -0.39 is 24.0 Å². The summed E-state index contributed by atoms with van der Waals surface area (Å²) in [4.78, 5) is 45.1. The fourth-order valence-electron chi connectivity index (χ4n) is 1.34. The van der Waals surface area contributed by atoms with E-state index >= 15 is 0 Å². The molecule has 2 amide bonds. The molecule has 0 saturated heterocycles. The molecule has 0 radical (unpaired) electrons. The summed E-state index contributed by atoms with van der Waals surface area (Å²) in [6.07, 6.45) is 0. The number of hydrogen-bond acceptors (Lipinski definition) is 6. The summed E-state index contributed by atoms with van der Waals surface area (Å²) in [5.41, 5.74) is 0. The van der Waals surface area contributed by atoms with Gasteiger partial charge in [-0.05, 0) is 0 Å². The van der Waals surface area contributed by atoms with Crippen molar-refractivity contribution in [2.24, 2.45) is 0 Å². The minimum atomic E-state index is -0.665. The van der Waals surface area contributed by atoms with E-state index in [2.05, 4.69) is 20.1 Å². The Morgan fingerprint density at radius 3 is 1.36 bits per heavy atom. The van der Waals surface area contributed by atoms with Crippen LogP contribution in [0.3, 0.4) is 0 Å². The summed E-state index contributed by atoms with van der Waals surface area (Å²) in [6, 6.07) is -1.33. The summed E-state index contributed by atoms with van der Waals surface area (Å²) in [7, 11) is 2.53. The van der Waals surface area contributed by atoms with E-state index in [9.17, 15) is 19.2 Å². The van der Waals surface area contributed by atoms with Crippen LogP contribution in [0.1, 0.15) is 13.8 Å². The van der Waals surface area contributed by atoms with Gasteiger partial charge in [-0.25, -0.2) is 0 Å². The molecule has 0 heterocycles. The molecule has 0 fully saturated rings. The molecular formula is C12H20N2O6Se2. The summed E-state index contributed by atoms with van der Waals surface area (Å²) in [5.74, 6) is -1.58. The zero-order valence-corrected chi connectivity index (χ0v) is 16.3. The molecule has 22 heavy (non-hydrogen) atoms. The number of esters is 2. The number of methoxy groups -OCH3 is 2. The zero-order chi connectivity index (χ0) is 17.1. The Kier molecular flexibility index (Phi) is 10.9. The van der Waals surface area contributed by atoms with Crippen molar-refractivity contribution < 1.29 is 28.7 Å². The first-order chi connectivity index (χ1) is 10.3. The van der Waals surface area contributed by atoms with Crippen LogP contribution in [0.2, 0.25) is 10.6 Å². The van der Waals surface area contributed by atoms with E-state index in [4.69, 9.17) is 0 Å². The topological polar surface area (TPSA) is 111 Å². The molecule has 2 atom stereocenters. The number of amides is 2. The molecule has 0 aliphatic rings. The van der Waals surface area contributed by atoms with Gasteiger partial charge in [0, 0.05) is 0 Å². The molecule has 126 valence electrons. The van der Waals surface area contributed by atoms with Crippen molar-refractivity contribution in [1.82, 2.24) is 10.6 Å². The van der Waals surface area contributed by atoms with Crippen LogP contribution in [-0.4, -0.2) is 76.3 Å². The minimum absolute atomic E-state index is 0.0546. The maximum absolute atomic E-state index is 11.5. The van der Waals surface area contributed by atoms with Gasteiger partial charge in [-0.2, -0.15) is 0 Å². The van der Waals surface area contributed by atoms with Gasteiger partial charge in [-0.15, -0.1) is 0 Å². The summed E-state index contributed by atoms with van der Waals surface area (Å²) in [5, 5.41) is 6.03. The van der Waals surface area contributed by atoms with Crippen LogP contribution in [0.15, 0.2) is 0 Å². The third kappa shape index (κ3) is 9.04. The summed E-state index contributed by atoms with van der Waals surface area (Å²) in [6.45, 7) is 2.66. The standard InChI is InChI=1S/C12H20N2O6Se2/c1-7(15)13-9(11(17)19-3)5-21-22-6-10(12(18)20-4)14-8(2)16/h9-10H,5-6H2,1-4H3,(H,13,15)(H,14,16)/t9-,10-/m0/s1. The van der Waals surface area contributed by atoms with Gasteiger partial charge in [0.15, 0.2) is 0 Å². The Morgan fingerprint density at radius 1 is 0.818 bits per heavy atom. The van der Waals surface area contributed by atoms with E-state index in [0.29, 0.717) is 10.6 Å². The van der Waals surface area contributed by atoms with E-state index in [-0.39, 0.29) is 38.1 Å². The molecule has 0 aliphatic heterocycles. The average Bonchev–Trinajstić information content (AvgIpc) is 2.46. The molecule has 0 unspecified atom stereocenters. The monoisotopic (exact) mass is 448 g/mol. The second kappa shape index (κ2) is 11.5. The molecule has 0 aromatic carbocycles. The van der Waals surface area contributed by atoms with Crippen molar-refractivity contribution in [3.8, 4) is 0 Å². The van der Waals surface area contributed by atoms with Crippen molar-refractivity contribution in [3.05, 3.63) is 0 Å². The van der Waals surface area contributed by atoms with E-state index in [1.165, 1.54) is 28.1 Å². The van der Waals surface area contributed by atoms with Crippen LogP contribution in [0.5, 0.6) is 0 Å². The second-order valence-electron chi connectivity index (χ2n) is 4.12.